The number of aliphatic hydroxyl groups is 3. The molecule has 0 saturated heterocycles. The fourth-order valence-electron chi connectivity index (χ4n) is 4.67. The highest BCUT2D eigenvalue weighted by atomic mass is 32.1. The molecule has 0 radical (unpaired) electrons. The predicted octanol–water partition coefficient (Wildman–Crippen LogP) is 2.42. The molecule has 0 amide bonds. The van der Waals surface area contributed by atoms with Crippen molar-refractivity contribution < 1.29 is 15.3 Å². The summed E-state index contributed by atoms with van der Waals surface area (Å²) in [6.07, 6.45) is 4.85. The number of rotatable bonds is 7. The average Bonchev–Trinajstić information content (AvgIpc) is 3.72. The van der Waals surface area contributed by atoms with Gasteiger partial charge < -0.3 is 26.0 Å². The summed E-state index contributed by atoms with van der Waals surface area (Å²) < 4.78 is 1.09. The van der Waals surface area contributed by atoms with E-state index in [-0.39, 0.29) is 12.5 Å². The van der Waals surface area contributed by atoms with Crippen LogP contribution in [0.25, 0.3) is 20.8 Å². The zero-order valence-corrected chi connectivity index (χ0v) is 19.2. The molecule has 3 saturated carbocycles. The minimum atomic E-state index is -0.994. The standard InChI is InChI=1S/C23H28N6O3S/c1-10-16(22-28-18-15(33-22)6-7-24-17(18)11-2-3-11)21(29-23(25-10)26-13-4-5-13)27-14-8-12(9-30)19(31)20(14)32/h6-7,11-14,19-20,30-32H,2-5,8-9H2,1H3,(H2,25,26,27,29)/t12-,14-,19-,20+/m1/s1. The van der Waals surface area contributed by atoms with E-state index < -0.39 is 18.2 Å². The van der Waals surface area contributed by atoms with E-state index in [2.05, 4.69) is 15.6 Å². The molecule has 3 aliphatic carbocycles. The van der Waals surface area contributed by atoms with Gasteiger partial charge in [0.05, 0.1) is 33.8 Å². The number of hydrogen-bond donors (Lipinski definition) is 5. The lowest BCUT2D eigenvalue weighted by Gasteiger charge is -2.21. The minimum absolute atomic E-state index is 0.171. The highest BCUT2D eigenvalue weighted by Crippen LogP contribution is 2.44. The molecule has 3 heterocycles. The molecule has 5 N–H and O–H groups in total. The van der Waals surface area contributed by atoms with Crippen molar-refractivity contribution >= 4 is 33.3 Å². The van der Waals surface area contributed by atoms with E-state index in [0.29, 0.717) is 30.1 Å². The van der Waals surface area contributed by atoms with Crippen molar-refractivity contribution in [2.45, 2.75) is 69.2 Å². The molecule has 33 heavy (non-hydrogen) atoms. The van der Waals surface area contributed by atoms with E-state index in [9.17, 15) is 15.3 Å². The second kappa shape index (κ2) is 8.12. The Balaban J connectivity index is 1.42. The zero-order valence-electron chi connectivity index (χ0n) is 18.4. The Labute approximate surface area is 195 Å². The fraction of sp³-hybridized carbons (Fsp3) is 0.565. The zero-order chi connectivity index (χ0) is 22.7. The van der Waals surface area contributed by atoms with Crippen LogP contribution in [0.4, 0.5) is 11.8 Å². The monoisotopic (exact) mass is 468 g/mol. The third kappa shape index (κ3) is 3.95. The summed E-state index contributed by atoms with van der Waals surface area (Å²) in [6.45, 7) is 1.78. The molecule has 0 bridgehead atoms. The fourth-order valence-corrected chi connectivity index (χ4v) is 5.74. The predicted molar refractivity (Wildman–Crippen MR) is 126 cm³/mol. The molecule has 0 unspecified atom stereocenters. The molecule has 6 rings (SSSR count). The molecule has 3 aromatic heterocycles. The summed E-state index contributed by atoms with van der Waals surface area (Å²) in [7, 11) is 0. The second-order valence-corrected chi connectivity index (χ2v) is 10.6. The van der Waals surface area contributed by atoms with Crippen LogP contribution in [0.2, 0.25) is 0 Å². The largest absolute Gasteiger partial charge is 0.396 e. The molecule has 10 heteroatoms. The Bertz CT molecular complexity index is 1190. The van der Waals surface area contributed by atoms with Gasteiger partial charge in [0, 0.05) is 30.7 Å². The first-order valence-electron chi connectivity index (χ1n) is 11.7. The smallest absolute Gasteiger partial charge is 0.225 e. The quantitative estimate of drug-likeness (QED) is 0.354. The van der Waals surface area contributed by atoms with Crippen molar-refractivity contribution in [2.24, 2.45) is 5.92 Å². The summed E-state index contributed by atoms with van der Waals surface area (Å²) in [5.74, 6) is 1.26. The van der Waals surface area contributed by atoms with Crippen LogP contribution in [0.5, 0.6) is 0 Å². The Morgan fingerprint density at radius 2 is 1.88 bits per heavy atom. The van der Waals surface area contributed by atoms with Gasteiger partial charge in [-0.3, -0.25) is 4.98 Å². The number of aliphatic hydroxyl groups excluding tert-OH is 3. The molecular weight excluding hydrogens is 440 g/mol. The number of aromatic nitrogens is 4. The van der Waals surface area contributed by atoms with Gasteiger partial charge in [-0.05, 0) is 45.1 Å². The van der Waals surface area contributed by atoms with Gasteiger partial charge in [0.25, 0.3) is 0 Å². The topological polar surface area (TPSA) is 136 Å². The molecule has 174 valence electrons. The lowest BCUT2D eigenvalue weighted by molar-refractivity contribution is 0.00446. The summed E-state index contributed by atoms with van der Waals surface area (Å²) in [5.41, 5.74) is 3.60. The number of nitrogens with zero attached hydrogens (tertiary/aromatic N) is 4. The Kier molecular flexibility index (Phi) is 5.21. The summed E-state index contributed by atoms with van der Waals surface area (Å²) in [5, 5.41) is 38.0. The third-order valence-corrected chi connectivity index (χ3v) is 7.91. The molecular formula is C23H28N6O3S. The molecule has 0 aliphatic heterocycles. The van der Waals surface area contributed by atoms with Gasteiger partial charge in [-0.2, -0.15) is 4.98 Å². The Morgan fingerprint density at radius 3 is 2.58 bits per heavy atom. The van der Waals surface area contributed by atoms with E-state index in [0.717, 1.165) is 57.9 Å². The highest BCUT2D eigenvalue weighted by Gasteiger charge is 2.41. The number of anilines is 2. The third-order valence-electron chi connectivity index (χ3n) is 6.87. The van der Waals surface area contributed by atoms with Crippen LogP contribution >= 0.6 is 11.3 Å². The van der Waals surface area contributed by atoms with E-state index in [1.165, 1.54) is 0 Å². The van der Waals surface area contributed by atoms with Crippen molar-refractivity contribution in [3.63, 3.8) is 0 Å². The number of aryl methyl sites for hydroxylation is 1. The highest BCUT2D eigenvalue weighted by molar-refractivity contribution is 7.21. The molecule has 0 aromatic carbocycles. The van der Waals surface area contributed by atoms with Crippen molar-refractivity contribution in [3.8, 4) is 10.6 Å². The van der Waals surface area contributed by atoms with Gasteiger partial charge in [0.2, 0.25) is 5.95 Å². The van der Waals surface area contributed by atoms with Crippen LogP contribution in [-0.4, -0.2) is 66.2 Å². The van der Waals surface area contributed by atoms with Crippen LogP contribution in [0.1, 0.15) is 49.4 Å². The van der Waals surface area contributed by atoms with Crippen LogP contribution in [0.3, 0.4) is 0 Å². The van der Waals surface area contributed by atoms with E-state index >= 15 is 0 Å². The van der Waals surface area contributed by atoms with Gasteiger partial charge in [-0.15, -0.1) is 11.3 Å². The van der Waals surface area contributed by atoms with E-state index in [1.807, 2.05) is 19.2 Å². The van der Waals surface area contributed by atoms with Crippen LogP contribution in [-0.2, 0) is 0 Å². The second-order valence-electron chi connectivity index (χ2n) is 9.52. The van der Waals surface area contributed by atoms with Crippen LogP contribution in [0, 0.1) is 12.8 Å². The normalized spacial score (nSPS) is 27.3. The van der Waals surface area contributed by atoms with Crippen molar-refractivity contribution in [3.05, 3.63) is 23.7 Å². The Morgan fingerprint density at radius 1 is 1.06 bits per heavy atom. The first-order valence-corrected chi connectivity index (χ1v) is 12.5. The van der Waals surface area contributed by atoms with Crippen LogP contribution < -0.4 is 10.6 Å². The van der Waals surface area contributed by atoms with Crippen LogP contribution in [0.15, 0.2) is 12.3 Å². The van der Waals surface area contributed by atoms with Gasteiger partial charge in [-0.25, -0.2) is 9.97 Å². The van der Waals surface area contributed by atoms with Gasteiger partial charge in [-0.1, -0.05) is 0 Å². The number of nitrogens with one attached hydrogen (secondary N) is 2. The Hall–Kier alpha value is -2.40. The summed E-state index contributed by atoms with van der Waals surface area (Å²) in [4.78, 5) is 19.0. The maximum Gasteiger partial charge on any atom is 0.225 e. The van der Waals surface area contributed by atoms with E-state index in [4.69, 9.17) is 15.0 Å². The van der Waals surface area contributed by atoms with Gasteiger partial charge in [0.15, 0.2) is 0 Å². The lowest BCUT2D eigenvalue weighted by Crippen LogP contribution is -2.35. The van der Waals surface area contributed by atoms with Gasteiger partial charge >= 0.3 is 0 Å². The lowest BCUT2D eigenvalue weighted by atomic mass is 10.1. The van der Waals surface area contributed by atoms with Crippen molar-refractivity contribution in [1.82, 2.24) is 19.9 Å². The summed E-state index contributed by atoms with van der Waals surface area (Å²) in [6, 6.07) is 1.96. The van der Waals surface area contributed by atoms with E-state index in [1.54, 1.807) is 11.3 Å². The SMILES string of the molecule is Cc1nc(NC2CC2)nc(N[C@@H]2C[C@H](CO)[C@@H](O)[C@H]2O)c1-c1nc2c(C3CC3)nccc2s1. The van der Waals surface area contributed by atoms with Crippen molar-refractivity contribution in [2.75, 3.05) is 17.2 Å². The van der Waals surface area contributed by atoms with Gasteiger partial charge in [0.1, 0.15) is 22.4 Å². The van der Waals surface area contributed by atoms with Crippen molar-refractivity contribution in [1.29, 1.82) is 0 Å². The molecule has 9 nitrogen and oxygen atoms in total. The molecule has 0 spiro atoms. The molecule has 3 aromatic rings. The minimum Gasteiger partial charge on any atom is -0.396 e. The number of pyridine rings is 1. The molecule has 4 atom stereocenters. The maximum atomic E-state index is 10.6. The maximum absolute atomic E-state index is 10.6. The number of fused-ring (bicyclic) bond motifs is 1. The number of thiazole rings is 1. The summed E-state index contributed by atoms with van der Waals surface area (Å²) >= 11 is 1.59. The average molecular weight is 469 g/mol. The number of hydrogen-bond acceptors (Lipinski definition) is 10. The molecule has 3 fully saturated rings. The first kappa shape index (κ1) is 21.2. The first-order chi connectivity index (χ1) is 16.0. The molecule has 3 aliphatic rings.